The predicted octanol–water partition coefficient (Wildman–Crippen LogP) is 1.58. The number of hydrogen-bond donors (Lipinski definition) is 1. The van der Waals surface area contributed by atoms with Gasteiger partial charge in [-0.1, -0.05) is 0 Å². The molecule has 0 saturated heterocycles. The first-order valence-corrected chi connectivity index (χ1v) is 7.91. The zero-order valence-electron chi connectivity index (χ0n) is 9.92. The third-order valence-corrected chi connectivity index (χ3v) is 5.10. The molecule has 0 amide bonds. The van der Waals surface area contributed by atoms with Gasteiger partial charge in [-0.2, -0.15) is 0 Å². The van der Waals surface area contributed by atoms with Gasteiger partial charge in [0, 0.05) is 0 Å². The predicted molar refractivity (Wildman–Crippen MR) is 74.5 cm³/mol. The van der Waals surface area contributed by atoms with Crippen molar-refractivity contribution < 1.29 is 14.3 Å². The molecule has 2 nitrogen and oxygen atoms in total. The van der Waals surface area contributed by atoms with E-state index < -0.39 is 26.9 Å². The zero-order chi connectivity index (χ0) is 13.7. The second-order valence-electron chi connectivity index (χ2n) is 3.80. The molecule has 0 aromatic heterocycles. The molecule has 0 saturated carbocycles. The van der Waals surface area contributed by atoms with Crippen LogP contribution in [0.5, 0.6) is 0 Å². The zero-order valence-corrected chi connectivity index (χ0v) is 12.2. The first-order valence-electron chi connectivity index (χ1n) is 5.58. The quantitative estimate of drug-likeness (QED) is 0.656. The number of carbonyl (C=O) groups is 1. The van der Waals surface area contributed by atoms with Gasteiger partial charge < -0.3 is 0 Å². The summed E-state index contributed by atoms with van der Waals surface area (Å²) in [6, 6.07) is 14.3. The first kappa shape index (κ1) is 13.8. The van der Waals surface area contributed by atoms with Gasteiger partial charge in [0.05, 0.1) is 0 Å². The monoisotopic (exact) mass is 372 g/mol. The van der Waals surface area contributed by atoms with E-state index in [-0.39, 0.29) is 5.82 Å². The topological polar surface area (TPSA) is 37.3 Å². The minimum absolute atomic E-state index is 0.218. The van der Waals surface area contributed by atoms with Crippen LogP contribution in [0.2, 0.25) is 0 Å². The third-order valence-electron chi connectivity index (χ3n) is 2.31. The van der Waals surface area contributed by atoms with Crippen molar-refractivity contribution in [1.29, 1.82) is 0 Å². The van der Waals surface area contributed by atoms with Crippen molar-refractivity contribution in [3.8, 4) is 0 Å². The van der Waals surface area contributed by atoms with Gasteiger partial charge in [0.2, 0.25) is 0 Å². The van der Waals surface area contributed by atoms with Crippen molar-refractivity contribution in [1.82, 2.24) is 0 Å². The second-order valence-corrected chi connectivity index (χ2v) is 7.08. The summed E-state index contributed by atoms with van der Waals surface area (Å²) >= 11 is -0.648. The summed E-state index contributed by atoms with van der Waals surface area (Å²) < 4.78 is 15.3. The molecule has 0 unspecified atom stereocenters. The number of halogens is 1. The molecule has 96 valence electrons. The van der Waals surface area contributed by atoms with E-state index >= 15 is 0 Å². The average molecular weight is 370 g/mol. The van der Waals surface area contributed by atoms with Crippen LogP contribution in [0.15, 0.2) is 54.6 Å². The summed E-state index contributed by atoms with van der Waals surface area (Å²) in [4.78, 5) is 10.5. The van der Waals surface area contributed by atoms with E-state index in [1.54, 1.807) is 18.2 Å². The molecule has 0 spiro atoms. The number of rotatable bonds is 4. The third kappa shape index (κ3) is 4.51. The van der Waals surface area contributed by atoms with Crippen LogP contribution in [0.25, 0.3) is 6.08 Å². The molecule has 2 rings (SSSR count). The molecule has 0 radical (unpaired) electrons. The van der Waals surface area contributed by atoms with Crippen LogP contribution in [-0.2, 0) is 4.79 Å². The van der Waals surface area contributed by atoms with Crippen molar-refractivity contribution >= 4 is 40.2 Å². The summed E-state index contributed by atoms with van der Waals surface area (Å²) in [5, 5.41) is 8.59. The number of carboxylic acids is 1. The number of hydrogen-bond acceptors (Lipinski definition) is 1. The van der Waals surface area contributed by atoms with Gasteiger partial charge in [0.25, 0.3) is 0 Å². The van der Waals surface area contributed by atoms with Gasteiger partial charge in [0.1, 0.15) is 0 Å². The number of carboxylic acid groups (broad SMARTS) is 1. The maximum absolute atomic E-state index is 13.1. The molecule has 0 aliphatic carbocycles. The molecule has 0 heterocycles. The summed E-state index contributed by atoms with van der Waals surface area (Å²) in [5.74, 6) is -1.18. The van der Waals surface area contributed by atoms with E-state index in [2.05, 4.69) is 0 Å². The van der Waals surface area contributed by atoms with Gasteiger partial charge in [0.15, 0.2) is 0 Å². The van der Waals surface area contributed by atoms with Crippen LogP contribution < -0.4 is 7.22 Å². The molecule has 0 aliphatic rings. The van der Waals surface area contributed by atoms with E-state index in [1.165, 1.54) is 6.07 Å². The van der Waals surface area contributed by atoms with E-state index in [1.807, 2.05) is 30.3 Å². The molecule has 0 aliphatic heterocycles. The van der Waals surface area contributed by atoms with Crippen LogP contribution >= 0.6 is 0 Å². The Morgan fingerprint density at radius 2 is 1.79 bits per heavy atom. The fourth-order valence-corrected chi connectivity index (χ4v) is 4.18. The Balaban J connectivity index is 2.17. The minimum atomic E-state index is -0.966. The van der Waals surface area contributed by atoms with E-state index in [9.17, 15) is 9.18 Å². The van der Waals surface area contributed by atoms with E-state index in [0.717, 1.165) is 18.9 Å². The molecule has 0 atom stereocenters. The van der Waals surface area contributed by atoms with Crippen molar-refractivity contribution in [2.75, 3.05) is 0 Å². The average Bonchev–Trinajstić information content (AvgIpc) is 2.37. The molecular formula is C15H11FO2Te. The van der Waals surface area contributed by atoms with Crippen LogP contribution in [0.3, 0.4) is 0 Å². The van der Waals surface area contributed by atoms with Gasteiger partial charge >= 0.3 is 120 Å². The van der Waals surface area contributed by atoms with Gasteiger partial charge in [-0.25, -0.2) is 0 Å². The Hall–Kier alpha value is -1.63. The first-order chi connectivity index (χ1) is 9.13. The fourth-order valence-electron chi connectivity index (χ4n) is 1.52. The van der Waals surface area contributed by atoms with Crippen LogP contribution in [0.1, 0.15) is 5.56 Å². The molecule has 19 heavy (non-hydrogen) atoms. The second kappa shape index (κ2) is 6.51. The van der Waals surface area contributed by atoms with Crippen LogP contribution in [0, 0.1) is 5.82 Å². The Morgan fingerprint density at radius 3 is 2.47 bits per heavy atom. The van der Waals surface area contributed by atoms with Crippen molar-refractivity contribution in [3.63, 3.8) is 0 Å². The fraction of sp³-hybridized carbons (Fsp3) is 0. The number of aliphatic carboxylic acids is 1. The van der Waals surface area contributed by atoms with Gasteiger partial charge in [-0.05, 0) is 0 Å². The molecule has 1 N–H and O–H groups in total. The number of benzene rings is 2. The molecule has 0 fully saturated rings. The molecule has 0 bridgehead atoms. The van der Waals surface area contributed by atoms with E-state index in [4.69, 9.17) is 5.11 Å². The molecule has 2 aromatic rings. The van der Waals surface area contributed by atoms with Crippen LogP contribution in [-0.4, -0.2) is 32.0 Å². The van der Waals surface area contributed by atoms with Crippen LogP contribution in [0.4, 0.5) is 4.39 Å². The Kier molecular flexibility index (Phi) is 4.73. The maximum atomic E-state index is 13.1. The normalized spacial score (nSPS) is 10.8. The Labute approximate surface area is 120 Å². The molecule has 2 aromatic carbocycles. The Morgan fingerprint density at radius 1 is 1.11 bits per heavy atom. The summed E-state index contributed by atoms with van der Waals surface area (Å²) in [5.41, 5.74) is 0.849. The Bertz CT molecular complexity index is 623. The SMILES string of the molecule is O=C(O)C=Cc1cccc([Te]c2cccc(F)c2)c1. The summed E-state index contributed by atoms with van der Waals surface area (Å²) in [7, 11) is 0. The standard InChI is InChI=1S/C15H11FO2Te/c16-12-4-2-6-14(10-12)19-13-5-1-3-11(9-13)7-8-15(17)18/h1-10H,(H,17,18). The summed E-state index contributed by atoms with van der Waals surface area (Å²) in [6.07, 6.45) is 2.67. The van der Waals surface area contributed by atoms with Crippen molar-refractivity contribution in [3.05, 3.63) is 66.0 Å². The summed E-state index contributed by atoms with van der Waals surface area (Å²) in [6.45, 7) is 0. The van der Waals surface area contributed by atoms with Crippen molar-refractivity contribution in [2.24, 2.45) is 0 Å². The van der Waals surface area contributed by atoms with Gasteiger partial charge in [-0.3, -0.25) is 0 Å². The molecule has 4 heteroatoms. The van der Waals surface area contributed by atoms with E-state index in [0.29, 0.717) is 0 Å². The van der Waals surface area contributed by atoms with Crippen molar-refractivity contribution in [2.45, 2.75) is 0 Å². The van der Waals surface area contributed by atoms with Gasteiger partial charge in [-0.15, -0.1) is 0 Å². The molecular weight excluding hydrogens is 359 g/mol.